The van der Waals surface area contributed by atoms with Crippen LogP contribution in [-0.2, 0) is 0 Å². The van der Waals surface area contributed by atoms with Crippen molar-refractivity contribution in [1.82, 2.24) is 10.3 Å². The maximum atomic E-state index is 12.8. The topological polar surface area (TPSA) is 45.2 Å². The monoisotopic (exact) mass is 308 g/mol. The van der Waals surface area contributed by atoms with Crippen molar-refractivity contribution in [3.63, 3.8) is 0 Å². The molecule has 20 heavy (non-hydrogen) atoms. The Hall–Kier alpha value is -0.850. The van der Waals surface area contributed by atoms with Crippen molar-refractivity contribution in [2.24, 2.45) is 0 Å². The molecule has 1 aliphatic heterocycles. The third-order valence-electron chi connectivity index (χ3n) is 3.66. The van der Waals surface area contributed by atoms with E-state index in [0.717, 1.165) is 0 Å². The van der Waals surface area contributed by atoms with Crippen LogP contribution < -0.4 is 5.32 Å². The van der Waals surface area contributed by atoms with Gasteiger partial charge in [-0.1, -0.05) is 11.6 Å². The fourth-order valence-electron chi connectivity index (χ4n) is 2.60. The molecular formula is C13H16ClF3N2O. The van der Waals surface area contributed by atoms with Gasteiger partial charge in [-0.3, -0.25) is 4.98 Å². The van der Waals surface area contributed by atoms with E-state index in [9.17, 15) is 18.3 Å². The Morgan fingerprint density at radius 3 is 2.50 bits per heavy atom. The van der Waals surface area contributed by atoms with Crippen LogP contribution in [0.1, 0.15) is 30.9 Å². The van der Waals surface area contributed by atoms with Crippen LogP contribution >= 0.6 is 11.6 Å². The van der Waals surface area contributed by atoms with Crippen LogP contribution in [0.5, 0.6) is 0 Å². The second kappa shape index (κ2) is 5.87. The van der Waals surface area contributed by atoms with Gasteiger partial charge >= 0.3 is 6.18 Å². The maximum absolute atomic E-state index is 12.8. The molecule has 112 valence electrons. The fourth-order valence-corrected chi connectivity index (χ4v) is 2.71. The molecule has 2 heterocycles. The van der Waals surface area contributed by atoms with E-state index in [1.807, 2.05) is 0 Å². The van der Waals surface area contributed by atoms with Gasteiger partial charge in [0.25, 0.3) is 0 Å². The van der Waals surface area contributed by atoms with E-state index >= 15 is 0 Å². The highest BCUT2D eigenvalue weighted by molar-refractivity contribution is 6.30. The molecule has 1 atom stereocenters. The smallest absolute Gasteiger partial charge is 0.389 e. The number of hydrogen-bond donors (Lipinski definition) is 2. The van der Waals surface area contributed by atoms with Gasteiger partial charge in [-0.05, 0) is 38.1 Å². The number of hydrogen-bond acceptors (Lipinski definition) is 3. The molecule has 1 fully saturated rings. The van der Waals surface area contributed by atoms with E-state index in [-0.39, 0.29) is 18.5 Å². The van der Waals surface area contributed by atoms with Gasteiger partial charge in [0.2, 0.25) is 0 Å². The summed E-state index contributed by atoms with van der Waals surface area (Å²) >= 11 is 5.71. The number of halogens is 4. The second-order valence-corrected chi connectivity index (χ2v) is 5.56. The van der Waals surface area contributed by atoms with Crippen LogP contribution in [0.4, 0.5) is 13.2 Å². The lowest BCUT2D eigenvalue weighted by Gasteiger charge is -2.39. The van der Waals surface area contributed by atoms with Crippen molar-refractivity contribution in [3.8, 4) is 0 Å². The molecule has 0 amide bonds. The van der Waals surface area contributed by atoms with Gasteiger partial charge in [-0.15, -0.1) is 0 Å². The highest BCUT2D eigenvalue weighted by atomic mass is 35.5. The summed E-state index contributed by atoms with van der Waals surface area (Å²) in [6, 6.07) is 2.95. The Morgan fingerprint density at radius 2 is 2.00 bits per heavy atom. The molecule has 0 radical (unpaired) electrons. The predicted octanol–water partition coefficient (Wildman–Crippen LogP) is 2.89. The first-order valence-electron chi connectivity index (χ1n) is 6.41. The molecule has 0 unspecified atom stereocenters. The molecule has 1 aromatic rings. The molecule has 3 nitrogen and oxygen atoms in total. The van der Waals surface area contributed by atoms with Gasteiger partial charge in [0.15, 0.2) is 0 Å². The summed E-state index contributed by atoms with van der Waals surface area (Å²) in [5.74, 6) is -1.07. The zero-order chi connectivity index (χ0) is 14.8. The number of pyridine rings is 1. The second-order valence-electron chi connectivity index (χ2n) is 5.13. The molecule has 1 aromatic heterocycles. The Labute approximate surface area is 120 Å². The summed E-state index contributed by atoms with van der Waals surface area (Å²) in [5, 5.41) is 14.0. The number of piperidine rings is 1. The summed E-state index contributed by atoms with van der Waals surface area (Å²) in [6.07, 6.45) is -3.58. The fraction of sp³-hybridized carbons (Fsp3) is 0.615. The van der Waals surface area contributed by atoms with Crippen molar-refractivity contribution < 1.29 is 18.3 Å². The standard InChI is InChI=1S/C13H16ClF3N2O/c14-9-1-2-11(19-8-9)10(7-13(15,16)17)12(20)3-5-18-6-4-12/h1-2,8,10,18,20H,3-7H2/t10-/m0/s1. The van der Waals surface area contributed by atoms with E-state index in [1.54, 1.807) is 0 Å². The summed E-state index contributed by atoms with van der Waals surface area (Å²) < 4.78 is 38.4. The first-order chi connectivity index (χ1) is 9.30. The lowest BCUT2D eigenvalue weighted by atomic mass is 9.76. The zero-order valence-corrected chi connectivity index (χ0v) is 11.5. The molecule has 0 aromatic carbocycles. The van der Waals surface area contributed by atoms with E-state index < -0.39 is 24.1 Å². The normalized spacial score (nSPS) is 20.6. The van der Waals surface area contributed by atoms with E-state index in [0.29, 0.717) is 18.1 Å². The minimum Gasteiger partial charge on any atom is -0.389 e. The van der Waals surface area contributed by atoms with Crippen molar-refractivity contribution in [2.45, 2.75) is 37.0 Å². The van der Waals surface area contributed by atoms with E-state index in [1.165, 1.54) is 18.3 Å². The third-order valence-corrected chi connectivity index (χ3v) is 3.88. The van der Waals surface area contributed by atoms with Gasteiger partial charge in [0, 0.05) is 17.8 Å². The maximum Gasteiger partial charge on any atom is 0.389 e. The number of aliphatic hydroxyl groups is 1. The summed E-state index contributed by atoms with van der Waals surface area (Å²) in [4.78, 5) is 3.97. The van der Waals surface area contributed by atoms with E-state index in [4.69, 9.17) is 11.6 Å². The molecule has 2 rings (SSSR count). The molecule has 0 bridgehead atoms. The molecule has 0 spiro atoms. The molecule has 7 heteroatoms. The van der Waals surface area contributed by atoms with Crippen LogP contribution in [0.15, 0.2) is 18.3 Å². The van der Waals surface area contributed by atoms with Crippen LogP contribution in [-0.4, -0.2) is 35.0 Å². The quantitative estimate of drug-likeness (QED) is 0.902. The van der Waals surface area contributed by atoms with Crippen molar-refractivity contribution in [3.05, 3.63) is 29.0 Å². The number of alkyl halides is 3. The number of nitrogens with zero attached hydrogens (tertiary/aromatic N) is 1. The number of aromatic nitrogens is 1. The molecular weight excluding hydrogens is 293 g/mol. The van der Waals surface area contributed by atoms with Crippen molar-refractivity contribution in [2.75, 3.05) is 13.1 Å². The largest absolute Gasteiger partial charge is 0.389 e. The Balaban J connectivity index is 2.31. The van der Waals surface area contributed by atoms with Crippen molar-refractivity contribution in [1.29, 1.82) is 0 Å². The lowest BCUT2D eigenvalue weighted by Crippen LogP contribution is -2.47. The predicted molar refractivity (Wildman–Crippen MR) is 69.7 cm³/mol. The lowest BCUT2D eigenvalue weighted by molar-refractivity contribution is -0.156. The van der Waals surface area contributed by atoms with Gasteiger partial charge in [0.1, 0.15) is 0 Å². The Morgan fingerprint density at radius 1 is 1.35 bits per heavy atom. The highest BCUT2D eigenvalue weighted by Gasteiger charge is 2.45. The van der Waals surface area contributed by atoms with Gasteiger partial charge in [-0.25, -0.2) is 0 Å². The molecule has 1 saturated heterocycles. The average Bonchev–Trinajstić information content (AvgIpc) is 2.37. The van der Waals surface area contributed by atoms with E-state index in [2.05, 4.69) is 10.3 Å². The first kappa shape index (κ1) is 15.5. The third kappa shape index (κ3) is 3.84. The minimum absolute atomic E-state index is 0.233. The number of nitrogens with one attached hydrogen (secondary N) is 1. The minimum atomic E-state index is -4.35. The Bertz CT molecular complexity index is 444. The summed E-state index contributed by atoms with van der Waals surface area (Å²) in [5.41, 5.74) is -1.15. The molecule has 1 aliphatic rings. The first-order valence-corrected chi connectivity index (χ1v) is 6.79. The average molecular weight is 309 g/mol. The molecule has 2 N–H and O–H groups in total. The van der Waals surface area contributed by atoms with Crippen LogP contribution in [0, 0.1) is 0 Å². The summed E-state index contributed by atoms with van der Waals surface area (Å²) in [7, 11) is 0. The van der Waals surface area contributed by atoms with Crippen LogP contribution in [0.2, 0.25) is 5.02 Å². The van der Waals surface area contributed by atoms with Crippen LogP contribution in [0.25, 0.3) is 0 Å². The highest BCUT2D eigenvalue weighted by Crippen LogP contribution is 2.41. The SMILES string of the molecule is OC1([C@@H](CC(F)(F)F)c2ccc(Cl)cn2)CCNCC1. The molecule has 0 aliphatic carbocycles. The van der Waals surface area contributed by atoms with Gasteiger partial charge in [-0.2, -0.15) is 13.2 Å². The van der Waals surface area contributed by atoms with Gasteiger partial charge < -0.3 is 10.4 Å². The molecule has 0 saturated carbocycles. The Kier molecular flexibility index (Phi) is 4.56. The number of rotatable bonds is 3. The van der Waals surface area contributed by atoms with Crippen LogP contribution in [0.3, 0.4) is 0 Å². The van der Waals surface area contributed by atoms with Gasteiger partial charge in [0.05, 0.1) is 17.0 Å². The summed E-state index contributed by atoms with van der Waals surface area (Å²) in [6.45, 7) is 0.997. The van der Waals surface area contributed by atoms with Crippen molar-refractivity contribution >= 4 is 11.6 Å². The zero-order valence-electron chi connectivity index (χ0n) is 10.8.